The van der Waals surface area contributed by atoms with Crippen LogP contribution in [0.1, 0.15) is 9.16 Å². The summed E-state index contributed by atoms with van der Waals surface area (Å²) in [4.78, 5) is 10.1. The molecular weight excluding hydrogens is 146 g/mol. The first-order valence-corrected chi connectivity index (χ1v) is 3.28. The van der Waals surface area contributed by atoms with E-state index in [4.69, 9.17) is 2.74 Å². The summed E-state index contributed by atoms with van der Waals surface area (Å²) in [7, 11) is 4.62. The first-order valence-electron chi connectivity index (χ1n) is 4.28. The van der Waals surface area contributed by atoms with Crippen molar-refractivity contribution in [2.45, 2.75) is 12.5 Å². The third kappa shape index (κ3) is 7.29. The molecule has 0 radical (unpaired) electrons. The number of carboxylic acids is 1. The van der Waals surface area contributed by atoms with Crippen molar-refractivity contribution in [3.05, 3.63) is 0 Å². The first kappa shape index (κ1) is 7.06. The molecule has 0 bridgehead atoms. The number of quaternary nitrogens is 1. The van der Waals surface area contributed by atoms with Gasteiger partial charge in [-0.2, -0.15) is 0 Å². The third-order valence-electron chi connectivity index (χ3n) is 0.896. The number of aliphatic hydroxyl groups excluding tert-OH is 1. The van der Waals surface area contributed by atoms with Crippen LogP contribution in [0.3, 0.4) is 0 Å². The van der Waals surface area contributed by atoms with Crippen LogP contribution >= 0.6 is 0 Å². The minimum Gasteiger partial charge on any atom is -0.550 e. The number of nitrogens with zero attached hydrogens (tertiary/aromatic N) is 1. The van der Waals surface area contributed by atoms with Crippen molar-refractivity contribution < 1.29 is 22.2 Å². The van der Waals surface area contributed by atoms with Gasteiger partial charge in [0, 0.05) is 12.4 Å². The number of aliphatic carboxylic acids is 1. The second-order valence-corrected chi connectivity index (χ2v) is 3.23. The molecule has 0 amide bonds. The van der Waals surface area contributed by atoms with Crippen LogP contribution in [0.25, 0.3) is 0 Å². The Morgan fingerprint density at radius 3 is 2.45 bits per heavy atom. The van der Waals surface area contributed by atoms with Gasteiger partial charge in [0.1, 0.15) is 12.6 Å². The Morgan fingerprint density at radius 2 is 2.18 bits per heavy atom. The molecule has 0 aromatic rings. The van der Waals surface area contributed by atoms with Gasteiger partial charge in [-0.1, -0.05) is 0 Å². The summed E-state index contributed by atoms with van der Waals surface area (Å²) >= 11 is 0. The molecule has 1 atom stereocenters. The van der Waals surface area contributed by atoms with E-state index in [2.05, 4.69) is 0 Å². The quantitative estimate of drug-likeness (QED) is 0.497. The lowest BCUT2D eigenvalue weighted by Gasteiger charge is -2.26. The van der Waals surface area contributed by atoms with E-state index in [1.807, 2.05) is 0 Å². The van der Waals surface area contributed by atoms with Gasteiger partial charge in [-0.25, -0.2) is 0 Å². The molecule has 4 heteroatoms. The van der Waals surface area contributed by atoms with E-state index in [1.54, 1.807) is 21.1 Å². The van der Waals surface area contributed by atoms with Gasteiger partial charge >= 0.3 is 0 Å². The van der Waals surface area contributed by atoms with E-state index in [1.165, 1.54) is 0 Å². The fraction of sp³-hybridized carbons (Fsp3) is 0.857. The normalized spacial score (nSPS) is 18.5. The number of carbonyl (C=O) groups excluding carboxylic acids is 1. The van der Waals surface area contributed by atoms with Gasteiger partial charge in [-0.3, -0.25) is 0 Å². The third-order valence-corrected chi connectivity index (χ3v) is 0.896. The lowest BCUT2D eigenvalue weighted by Crippen LogP contribution is -2.43. The molecule has 66 valence electrons. The van der Waals surface area contributed by atoms with Crippen molar-refractivity contribution in [3.8, 4) is 0 Å². The lowest BCUT2D eigenvalue weighted by atomic mass is 10.2. The molecule has 0 heterocycles. The Bertz CT molecular complexity index is 200. The van der Waals surface area contributed by atoms with E-state index in [9.17, 15) is 15.0 Å². The van der Waals surface area contributed by atoms with Gasteiger partial charge < -0.3 is 19.5 Å². The van der Waals surface area contributed by atoms with Gasteiger partial charge in [-0.05, 0) is 0 Å². The fourth-order valence-corrected chi connectivity index (χ4v) is 0.651. The van der Waals surface area contributed by atoms with Crippen LogP contribution in [0.4, 0.5) is 0 Å². The van der Waals surface area contributed by atoms with E-state index >= 15 is 0 Å². The molecule has 0 rings (SSSR count). The summed E-state index contributed by atoms with van der Waals surface area (Å²) in [5.41, 5.74) is 0. The Kier molecular flexibility index (Phi) is 2.37. The van der Waals surface area contributed by atoms with Crippen LogP contribution in [0, 0.1) is 0 Å². The van der Waals surface area contributed by atoms with Gasteiger partial charge in [0.2, 0.25) is 0 Å². The maximum atomic E-state index is 10.1. The molecule has 0 saturated carbocycles. The molecule has 0 fully saturated rings. The summed E-state index contributed by atoms with van der Waals surface area (Å²) in [6.07, 6.45) is -2.25. The number of aliphatic hydroxyl groups is 1. The Balaban J connectivity index is 4.54. The van der Waals surface area contributed by atoms with Crippen molar-refractivity contribution in [1.82, 2.24) is 0 Å². The van der Waals surface area contributed by atoms with Crippen molar-refractivity contribution >= 4 is 5.97 Å². The van der Waals surface area contributed by atoms with Crippen LogP contribution in [-0.2, 0) is 4.79 Å². The number of rotatable bonds is 4. The number of carbonyl (C=O) groups is 1. The highest BCUT2D eigenvalue weighted by Gasteiger charge is 2.14. The van der Waals surface area contributed by atoms with Crippen LogP contribution in [-0.4, -0.2) is 49.3 Å². The maximum absolute atomic E-state index is 10.1. The van der Waals surface area contributed by atoms with Crippen molar-refractivity contribution in [3.63, 3.8) is 0 Å². The molecule has 0 aliphatic heterocycles. The topological polar surface area (TPSA) is 60.4 Å². The molecule has 0 aromatic carbocycles. The molecular formula is C7H15NO3. The molecule has 0 spiro atoms. The number of hydrogen-bond donors (Lipinski definition) is 1. The standard InChI is InChI=1S/C7H15NO3/c1-8(2,3)5-6(9)4-7(10)11/h6,9H,4-5H2,1-3H3/t6-/m1/s1/i5D2. The van der Waals surface area contributed by atoms with Crippen molar-refractivity contribution in [2.24, 2.45) is 0 Å². The number of carboxylic acid groups (broad SMARTS) is 1. The molecule has 0 aliphatic rings. The SMILES string of the molecule is [2H]C([2H])([C@H](O)CC(=O)[O-])[N+](C)(C)C. The van der Waals surface area contributed by atoms with E-state index in [0.717, 1.165) is 0 Å². The Labute approximate surface area is 69.5 Å². The molecule has 4 nitrogen and oxygen atoms in total. The molecule has 0 unspecified atom stereocenters. The zero-order chi connectivity index (χ0) is 10.9. The Hall–Kier alpha value is -0.610. The zero-order valence-electron chi connectivity index (χ0n) is 9.00. The van der Waals surface area contributed by atoms with Gasteiger partial charge in [0.05, 0.1) is 23.9 Å². The Morgan fingerprint density at radius 1 is 1.73 bits per heavy atom. The van der Waals surface area contributed by atoms with E-state index < -0.39 is 25.0 Å². The smallest absolute Gasteiger partial charge is 0.108 e. The summed E-state index contributed by atoms with van der Waals surface area (Å²) in [6.45, 7) is -2.00. The highest BCUT2D eigenvalue weighted by molar-refractivity contribution is 5.64. The largest absolute Gasteiger partial charge is 0.550 e. The average molecular weight is 163 g/mol. The summed E-state index contributed by atoms with van der Waals surface area (Å²) in [5, 5.41) is 19.4. The van der Waals surface area contributed by atoms with Crippen LogP contribution in [0.15, 0.2) is 0 Å². The average Bonchev–Trinajstić information content (AvgIpc) is 1.82. The highest BCUT2D eigenvalue weighted by Crippen LogP contribution is 1.97. The van der Waals surface area contributed by atoms with E-state index in [0.29, 0.717) is 0 Å². The summed E-state index contributed by atoms with van der Waals surface area (Å²) < 4.78 is 14.8. The van der Waals surface area contributed by atoms with Crippen molar-refractivity contribution in [1.29, 1.82) is 0 Å². The summed E-state index contributed by atoms with van der Waals surface area (Å²) in [5.74, 6) is -1.45. The van der Waals surface area contributed by atoms with Crippen LogP contribution in [0.2, 0.25) is 0 Å². The number of hydrogen-bond acceptors (Lipinski definition) is 3. The van der Waals surface area contributed by atoms with Crippen LogP contribution in [0.5, 0.6) is 0 Å². The van der Waals surface area contributed by atoms with Gasteiger partial charge in [-0.15, -0.1) is 0 Å². The zero-order valence-corrected chi connectivity index (χ0v) is 7.00. The molecule has 11 heavy (non-hydrogen) atoms. The predicted octanol–water partition coefficient (Wildman–Crippen LogP) is -1.81. The molecule has 0 saturated heterocycles. The second-order valence-electron chi connectivity index (χ2n) is 3.23. The van der Waals surface area contributed by atoms with Crippen LogP contribution < -0.4 is 5.11 Å². The predicted molar refractivity (Wildman–Crippen MR) is 38.5 cm³/mol. The lowest BCUT2D eigenvalue weighted by molar-refractivity contribution is -0.873. The summed E-state index contributed by atoms with van der Waals surface area (Å²) in [6, 6.07) is 0. The fourth-order valence-electron chi connectivity index (χ4n) is 0.651. The van der Waals surface area contributed by atoms with Gasteiger partial charge in [0.15, 0.2) is 0 Å². The van der Waals surface area contributed by atoms with E-state index in [-0.39, 0.29) is 4.48 Å². The number of likely N-dealkylation sites (N-methyl/N-ethyl adjacent to an activating group) is 1. The molecule has 0 aliphatic carbocycles. The molecule has 0 aromatic heterocycles. The maximum Gasteiger partial charge on any atom is 0.108 e. The van der Waals surface area contributed by atoms with Crippen molar-refractivity contribution in [2.75, 3.05) is 27.6 Å². The molecule has 1 N–H and O–H groups in total. The highest BCUT2D eigenvalue weighted by atomic mass is 16.4. The minimum atomic E-state index is -2.00. The first-order chi connectivity index (χ1) is 5.59. The minimum absolute atomic E-state index is 0.165. The second kappa shape index (κ2) is 3.69. The monoisotopic (exact) mass is 163 g/mol. The van der Waals surface area contributed by atoms with Gasteiger partial charge in [0.25, 0.3) is 0 Å².